The first kappa shape index (κ1) is 13.4. The molecule has 0 radical (unpaired) electrons. The third-order valence-electron chi connectivity index (χ3n) is 2.15. The molecule has 0 bridgehead atoms. The zero-order chi connectivity index (χ0) is 11.8. The van der Waals surface area contributed by atoms with Crippen LogP contribution in [0.1, 0.15) is 33.0 Å². The summed E-state index contributed by atoms with van der Waals surface area (Å²) in [5, 5.41) is 4.10. The van der Waals surface area contributed by atoms with Gasteiger partial charge in [0.25, 0.3) is 0 Å². The van der Waals surface area contributed by atoms with Crippen molar-refractivity contribution in [3.8, 4) is 0 Å². The molecule has 5 heteroatoms. The Hall–Kier alpha value is -0.680. The minimum absolute atomic E-state index is 0.711. The molecule has 0 aliphatic carbocycles. The number of aryl methyl sites for hydroxylation is 1. The number of hydrogen-bond donors (Lipinski definition) is 1. The number of ether oxygens (including phenoxy) is 1. The molecule has 0 atom stereocenters. The summed E-state index contributed by atoms with van der Waals surface area (Å²) < 4.78 is 9.69. The van der Waals surface area contributed by atoms with Gasteiger partial charge in [-0.25, -0.2) is 4.98 Å². The molecule has 0 aliphatic heterocycles. The van der Waals surface area contributed by atoms with Crippen molar-refractivity contribution in [1.82, 2.24) is 9.36 Å². The van der Waals surface area contributed by atoms with E-state index < -0.39 is 0 Å². The summed E-state index contributed by atoms with van der Waals surface area (Å²) in [5.74, 6) is 1.62. The minimum atomic E-state index is 0.711. The first-order valence-electron chi connectivity index (χ1n) is 5.86. The van der Waals surface area contributed by atoms with Gasteiger partial charge in [0.1, 0.15) is 5.82 Å². The Morgan fingerprint density at radius 2 is 2.19 bits per heavy atom. The smallest absolute Gasteiger partial charge is 0.202 e. The molecule has 0 aromatic carbocycles. The predicted molar refractivity (Wildman–Crippen MR) is 68.1 cm³/mol. The summed E-state index contributed by atoms with van der Waals surface area (Å²) >= 11 is 1.42. The van der Waals surface area contributed by atoms with Crippen LogP contribution < -0.4 is 5.32 Å². The van der Waals surface area contributed by atoms with E-state index in [9.17, 15) is 0 Å². The predicted octanol–water partition coefficient (Wildman–Crippen LogP) is 2.58. The van der Waals surface area contributed by atoms with Crippen LogP contribution in [0, 0.1) is 5.92 Å². The van der Waals surface area contributed by atoms with Crippen LogP contribution in [0.3, 0.4) is 0 Å². The third kappa shape index (κ3) is 5.42. The van der Waals surface area contributed by atoms with E-state index in [0.717, 1.165) is 43.6 Å². The summed E-state index contributed by atoms with van der Waals surface area (Å²) in [6, 6.07) is 0. The molecule has 0 saturated carbocycles. The fourth-order valence-corrected chi connectivity index (χ4v) is 1.80. The van der Waals surface area contributed by atoms with Crippen molar-refractivity contribution in [2.24, 2.45) is 5.92 Å². The lowest BCUT2D eigenvalue weighted by atomic mass is 10.1. The van der Waals surface area contributed by atoms with Gasteiger partial charge in [0.2, 0.25) is 5.13 Å². The van der Waals surface area contributed by atoms with Gasteiger partial charge in [-0.15, -0.1) is 0 Å². The molecule has 0 amide bonds. The van der Waals surface area contributed by atoms with Crippen LogP contribution in [-0.4, -0.2) is 29.1 Å². The second-order valence-electron chi connectivity index (χ2n) is 4.09. The average molecular weight is 243 g/mol. The Morgan fingerprint density at radius 3 is 2.81 bits per heavy atom. The monoisotopic (exact) mass is 243 g/mol. The summed E-state index contributed by atoms with van der Waals surface area (Å²) in [5.41, 5.74) is 0. The van der Waals surface area contributed by atoms with Gasteiger partial charge in [-0.3, -0.25) is 0 Å². The van der Waals surface area contributed by atoms with E-state index >= 15 is 0 Å². The number of nitrogens with one attached hydrogen (secondary N) is 1. The average Bonchev–Trinajstić information content (AvgIpc) is 2.70. The lowest BCUT2D eigenvalue weighted by Gasteiger charge is -2.06. The molecule has 1 N–H and O–H groups in total. The summed E-state index contributed by atoms with van der Waals surface area (Å²) in [6.07, 6.45) is 2.02. The van der Waals surface area contributed by atoms with Crippen LogP contribution >= 0.6 is 11.5 Å². The van der Waals surface area contributed by atoms with E-state index in [-0.39, 0.29) is 0 Å². The van der Waals surface area contributed by atoms with E-state index in [1.807, 2.05) is 0 Å². The van der Waals surface area contributed by atoms with Gasteiger partial charge in [0.05, 0.1) is 6.61 Å². The zero-order valence-electron chi connectivity index (χ0n) is 10.3. The topological polar surface area (TPSA) is 47.0 Å². The number of aromatic nitrogens is 2. The second-order valence-corrected chi connectivity index (χ2v) is 4.84. The molecule has 0 spiro atoms. The molecule has 1 heterocycles. The van der Waals surface area contributed by atoms with Crippen molar-refractivity contribution in [3.63, 3.8) is 0 Å². The van der Waals surface area contributed by atoms with E-state index in [2.05, 4.69) is 35.4 Å². The van der Waals surface area contributed by atoms with Gasteiger partial charge in [-0.1, -0.05) is 20.8 Å². The fraction of sp³-hybridized carbons (Fsp3) is 0.818. The second kappa shape index (κ2) is 7.57. The molecule has 4 nitrogen and oxygen atoms in total. The first-order valence-corrected chi connectivity index (χ1v) is 6.64. The van der Waals surface area contributed by atoms with Gasteiger partial charge in [0.15, 0.2) is 0 Å². The fourth-order valence-electron chi connectivity index (χ4n) is 1.12. The highest BCUT2D eigenvalue weighted by molar-refractivity contribution is 7.09. The van der Waals surface area contributed by atoms with Crippen LogP contribution in [0.2, 0.25) is 0 Å². The largest absolute Gasteiger partial charge is 0.380 e. The maximum atomic E-state index is 5.49. The molecule has 1 rings (SSSR count). The highest BCUT2D eigenvalue weighted by Crippen LogP contribution is 2.10. The molecular weight excluding hydrogens is 222 g/mol. The minimum Gasteiger partial charge on any atom is -0.380 e. The summed E-state index contributed by atoms with van der Waals surface area (Å²) in [7, 11) is 0. The maximum absolute atomic E-state index is 5.49. The van der Waals surface area contributed by atoms with Gasteiger partial charge in [-0.05, 0) is 12.3 Å². The Morgan fingerprint density at radius 1 is 1.38 bits per heavy atom. The van der Waals surface area contributed by atoms with E-state index in [4.69, 9.17) is 4.74 Å². The molecule has 1 aromatic heterocycles. The zero-order valence-corrected chi connectivity index (χ0v) is 11.1. The van der Waals surface area contributed by atoms with Crippen LogP contribution in [0.25, 0.3) is 0 Å². The lowest BCUT2D eigenvalue weighted by Crippen LogP contribution is -2.10. The van der Waals surface area contributed by atoms with E-state index in [1.165, 1.54) is 11.5 Å². The molecule has 0 unspecified atom stereocenters. The molecule has 0 fully saturated rings. The first-order chi connectivity index (χ1) is 7.72. The molecule has 1 aromatic rings. The highest BCUT2D eigenvalue weighted by Gasteiger charge is 2.00. The Labute approximate surface area is 102 Å². The van der Waals surface area contributed by atoms with Crippen LogP contribution in [-0.2, 0) is 11.2 Å². The Bertz CT molecular complexity index is 289. The molecule has 0 aliphatic rings. The van der Waals surface area contributed by atoms with Crippen LogP contribution in [0.15, 0.2) is 0 Å². The molecular formula is C11H21N3OS. The standard InChI is InChI=1S/C11H21N3OS/c1-4-10-13-11(16-14-10)12-6-8-15-7-5-9(2)3/h9H,4-8H2,1-3H3,(H,12,13,14). The van der Waals surface area contributed by atoms with Crippen LogP contribution in [0.5, 0.6) is 0 Å². The van der Waals surface area contributed by atoms with Gasteiger partial charge < -0.3 is 10.1 Å². The summed E-state index contributed by atoms with van der Waals surface area (Å²) in [6.45, 7) is 8.84. The van der Waals surface area contributed by atoms with Crippen molar-refractivity contribution < 1.29 is 4.74 Å². The van der Waals surface area contributed by atoms with Crippen molar-refractivity contribution in [2.75, 3.05) is 25.1 Å². The van der Waals surface area contributed by atoms with Crippen molar-refractivity contribution in [3.05, 3.63) is 5.82 Å². The van der Waals surface area contributed by atoms with E-state index in [0.29, 0.717) is 5.92 Å². The number of hydrogen-bond acceptors (Lipinski definition) is 5. The molecule has 0 saturated heterocycles. The van der Waals surface area contributed by atoms with Gasteiger partial charge >= 0.3 is 0 Å². The van der Waals surface area contributed by atoms with Crippen molar-refractivity contribution >= 4 is 16.7 Å². The maximum Gasteiger partial charge on any atom is 0.202 e. The summed E-state index contributed by atoms with van der Waals surface area (Å²) in [4.78, 5) is 4.32. The van der Waals surface area contributed by atoms with E-state index in [1.54, 1.807) is 0 Å². The van der Waals surface area contributed by atoms with Crippen molar-refractivity contribution in [2.45, 2.75) is 33.6 Å². The van der Waals surface area contributed by atoms with Gasteiger partial charge in [-0.2, -0.15) is 4.37 Å². The van der Waals surface area contributed by atoms with Gasteiger partial charge in [0, 0.05) is 31.1 Å². The number of nitrogens with zero attached hydrogens (tertiary/aromatic N) is 2. The molecule has 92 valence electrons. The normalized spacial score (nSPS) is 11.0. The molecule has 16 heavy (non-hydrogen) atoms. The Kier molecular flexibility index (Phi) is 6.33. The lowest BCUT2D eigenvalue weighted by molar-refractivity contribution is 0.132. The van der Waals surface area contributed by atoms with Crippen LogP contribution in [0.4, 0.5) is 5.13 Å². The Balaban J connectivity index is 2.02. The highest BCUT2D eigenvalue weighted by atomic mass is 32.1. The van der Waals surface area contributed by atoms with Crippen molar-refractivity contribution in [1.29, 1.82) is 0 Å². The number of anilines is 1. The number of rotatable bonds is 8. The SMILES string of the molecule is CCc1nsc(NCCOCCC(C)C)n1. The quantitative estimate of drug-likeness (QED) is 0.713. The third-order valence-corrected chi connectivity index (χ3v) is 2.86.